The molecule has 2 aromatic carbocycles. The molecule has 0 unspecified atom stereocenters. The second-order valence-corrected chi connectivity index (χ2v) is 6.85. The van der Waals surface area contributed by atoms with Crippen molar-refractivity contribution in [2.75, 3.05) is 10.2 Å². The topological polar surface area (TPSA) is 49.4 Å². The van der Waals surface area contributed by atoms with E-state index in [1.165, 1.54) is 0 Å². The van der Waals surface area contributed by atoms with Crippen LogP contribution in [0, 0.1) is 13.8 Å². The van der Waals surface area contributed by atoms with E-state index in [4.69, 9.17) is 11.6 Å². The van der Waals surface area contributed by atoms with Gasteiger partial charge in [-0.05, 0) is 55.3 Å². The van der Waals surface area contributed by atoms with Gasteiger partial charge in [0, 0.05) is 10.2 Å². The van der Waals surface area contributed by atoms with Crippen molar-refractivity contribution in [2.24, 2.45) is 0 Å². The minimum atomic E-state index is -0.519. The first-order chi connectivity index (χ1) is 11.4. The number of benzene rings is 2. The van der Waals surface area contributed by atoms with E-state index in [0.29, 0.717) is 11.4 Å². The molecule has 0 fully saturated rings. The Morgan fingerprint density at radius 2 is 1.67 bits per heavy atom. The van der Waals surface area contributed by atoms with Crippen LogP contribution < -0.4 is 10.2 Å². The first-order valence-electron chi connectivity index (χ1n) is 7.27. The number of amides is 2. The third kappa shape index (κ3) is 2.97. The lowest BCUT2D eigenvalue weighted by Gasteiger charge is -2.18. The van der Waals surface area contributed by atoms with Gasteiger partial charge in [0.1, 0.15) is 10.7 Å². The molecule has 0 aliphatic carbocycles. The largest absolute Gasteiger partial charge is 0.350 e. The number of hydrogen-bond donors (Lipinski definition) is 1. The van der Waals surface area contributed by atoms with Crippen LogP contribution in [0.5, 0.6) is 0 Å². The molecule has 0 saturated carbocycles. The lowest BCUT2D eigenvalue weighted by atomic mass is 10.1. The number of nitrogens with zero attached hydrogens (tertiary/aromatic N) is 1. The van der Waals surface area contributed by atoms with Crippen LogP contribution in [0.15, 0.2) is 57.7 Å². The number of aryl methyl sites for hydroxylation is 2. The number of rotatable bonds is 3. The predicted molar refractivity (Wildman–Crippen MR) is 99.1 cm³/mol. The fraction of sp³-hybridized carbons (Fsp3) is 0.111. The molecule has 2 aromatic rings. The van der Waals surface area contributed by atoms with Crippen LogP contribution in [0.4, 0.5) is 11.4 Å². The van der Waals surface area contributed by atoms with Crippen molar-refractivity contribution in [2.45, 2.75) is 13.8 Å². The summed E-state index contributed by atoms with van der Waals surface area (Å²) in [6.45, 7) is 3.76. The van der Waals surface area contributed by atoms with Crippen molar-refractivity contribution >= 4 is 50.7 Å². The van der Waals surface area contributed by atoms with E-state index < -0.39 is 11.8 Å². The van der Waals surface area contributed by atoms with Gasteiger partial charge in [-0.25, -0.2) is 4.90 Å². The van der Waals surface area contributed by atoms with E-state index in [1.54, 1.807) is 18.2 Å². The molecule has 3 rings (SSSR count). The quantitative estimate of drug-likeness (QED) is 0.765. The normalized spacial score (nSPS) is 14.6. The number of nitrogens with one attached hydrogen (secondary N) is 1. The number of hydrogen-bond acceptors (Lipinski definition) is 3. The molecule has 0 bridgehead atoms. The first kappa shape index (κ1) is 16.7. The zero-order valence-electron chi connectivity index (χ0n) is 13.1. The molecule has 0 spiro atoms. The van der Waals surface area contributed by atoms with Gasteiger partial charge in [0.15, 0.2) is 0 Å². The van der Waals surface area contributed by atoms with Crippen molar-refractivity contribution in [1.29, 1.82) is 0 Å². The van der Waals surface area contributed by atoms with E-state index in [2.05, 4.69) is 21.2 Å². The van der Waals surface area contributed by atoms with E-state index in [-0.39, 0.29) is 10.7 Å². The minimum Gasteiger partial charge on any atom is -0.350 e. The van der Waals surface area contributed by atoms with E-state index >= 15 is 0 Å². The van der Waals surface area contributed by atoms with E-state index in [0.717, 1.165) is 20.5 Å². The monoisotopic (exact) mass is 404 g/mol. The Kier molecular flexibility index (Phi) is 4.47. The van der Waals surface area contributed by atoms with Crippen molar-refractivity contribution in [1.82, 2.24) is 0 Å². The van der Waals surface area contributed by atoms with Gasteiger partial charge >= 0.3 is 0 Å². The number of imide groups is 1. The van der Waals surface area contributed by atoms with Crippen molar-refractivity contribution in [3.05, 3.63) is 68.8 Å². The van der Waals surface area contributed by atoms with Crippen LogP contribution in [0.2, 0.25) is 0 Å². The molecule has 1 N–H and O–H groups in total. The highest BCUT2D eigenvalue weighted by atomic mass is 79.9. The van der Waals surface area contributed by atoms with Crippen LogP contribution in [0.3, 0.4) is 0 Å². The van der Waals surface area contributed by atoms with Crippen molar-refractivity contribution in [3.63, 3.8) is 0 Å². The van der Waals surface area contributed by atoms with Gasteiger partial charge in [-0.3, -0.25) is 9.59 Å². The van der Waals surface area contributed by atoms with Gasteiger partial charge in [0.05, 0.1) is 5.69 Å². The van der Waals surface area contributed by atoms with Crippen LogP contribution >= 0.6 is 27.5 Å². The van der Waals surface area contributed by atoms with Gasteiger partial charge in [0.2, 0.25) is 0 Å². The molecule has 1 aliphatic heterocycles. The number of carbonyl (C=O) groups is 2. The highest BCUT2D eigenvalue weighted by Crippen LogP contribution is 2.32. The molecule has 24 heavy (non-hydrogen) atoms. The maximum Gasteiger partial charge on any atom is 0.283 e. The summed E-state index contributed by atoms with van der Waals surface area (Å²) in [6, 6.07) is 12.9. The number of anilines is 2. The van der Waals surface area contributed by atoms with Gasteiger partial charge in [-0.1, -0.05) is 39.7 Å². The summed E-state index contributed by atoms with van der Waals surface area (Å²) in [5.41, 5.74) is 3.11. The Morgan fingerprint density at radius 3 is 2.33 bits per heavy atom. The highest BCUT2D eigenvalue weighted by Gasteiger charge is 2.39. The Labute approximate surface area is 153 Å². The summed E-state index contributed by atoms with van der Waals surface area (Å²) in [5, 5.41) is 2.84. The Morgan fingerprint density at radius 1 is 1.00 bits per heavy atom. The predicted octanol–water partition coefficient (Wildman–Crippen LogP) is 4.50. The van der Waals surface area contributed by atoms with Crippen molar-refractivity contribution in [3.8, 4) is 0 Å². The number of halogens is 2. The molecule has 1 heterocycles. The lowest BCUT2D eigenvalue weighted by molar-refractivity contribution is -0.120. The van der Waals surface area contributed by atoms with Gasteiger partial charge in [0.25, 0.3) is 11.8 Å². The summed E-state index contributed by atoms with van der Waals surface area (Å²) >= 11 is 9.49. The molecule has 6 heteroatoms. The Balaban J connectivity index is 1.95. The van der Waals surface area contributed by atoms with Crippen LogP contribution in [0.25, 0.3) is 0 Å². The fourth-order valence-corrected chi connectivity index (χ4v) is 2.94. The molecule has 0 radical (unpaired) electrons. The average Bonchev–Trinajstić information content (AvgIpc) is 2.76. The van der Waals surface area contributed by atoms with E-state index in [9.17, 15) is 9.59 Å². The first-order valence-corrected chi connectivity index (χ1v) is 8.44. The van der Waals surface area contributed by atoms with Crippen LogP contribution in [-0.2, 0) is 9.59 Å². The SMILES string of the molecule is Cc1ccc(C)c(N2C(=O)C(Cl)=C(Nc3ccc(Br)cc3)C2=O)c1. The van der Waals surface area contributed by atoms with Gasteiger partial charge in [-0.2, -0.15) is 0 Å². The van der Waals surface area contributed by atoms with Crippen molar-refractivity contribution < 1.29 is 9.59 Å². The molecule has 0 atom stereocenters. The minimum absolute atomic E-state index is 0.0879. The maximum absolute atomic E-state index is 12.8. The molecule has 4 nitrogen and oxygen atoms in total. The molecule has 122 valence electrons. The second-order valence-electron chi connectivity index (χ2n) is 5.56. The van der Waals surface area contributed by atoms with Crippen LogP contribution in [-0.4, -0.2) is 11.8 Å². The Bertz CT molecular complexity index is 875. The third-order valence-electron chi connectivity index (χ3n) is 3.75. The smallest absolute Gasteiger partial charge is 0.283 e. The molecule has 1 aliphatic rings. The van der Waals surface area contributed by atoms with E-state index in [1.807, 2.05) is 38.1 Å². The third-order valence-corrected chi connectivity index (χ3v) is 4.63. The van der Waals surface area contributed by atoms with Crippen LogP contribution in [0.1, 0.15) is 11.1 Å². The average molecular weight is 406 g/mol. The zero-order chi connectivity index (χ0) is 17.4. The Hall–Kier alpha value is -2.11. The number of carbonyl (C=O) groups excluding carboxylic acids is 2. The standard InChI is InChI=1S/C18H14BrClN2O2/c1-10-3-4-11(2)14(9-10)22-17(23)15(20)16(18(22)24)21-13-7-5-12(19)6-8-13/h3-9,21H,1-2H3. The second kappa shape index (κ2) is 6.42. The zero-order valence-corrected chi connectivity index (χ0v) is 15.4. The lowest BCUT2D eigenvalue weighted by Crippen LogP contribution is -2.32. The highest BCUT2D eigenvalue weighted by molar-refractivity contribution is 9.10. The maximum atomic E-state index is 12.8. The summed E-state index contributed by atoms with van der Waals surface area (Å²) < 4.78 is 0.916. The summed E-state index contributed by atoms with van der Waals surface area (Å²) in [7, 11) is 0. The molecular weight excluding hydrogens is 392 g/mol. The van der Waals surface area contributed by atoms with Gasteiger partial charge < -0.3 is 5.32 Å². The summed E-state index contributed by atoms with van der Waals surface area (Å²) in [5.74, 6) is -0.975. The molecule has 0 aromatic heterocycles. The summed E-state index contributed by atoms with van der Waals surface area (Å²) in [6.07, 6.45) is 0. The summed E-state index contributed by atoms with van der Waals surface area (Å²) in [4.78, 5) is 26.4. The molecule has 0 saturated heterocycles. The molecular formula is C18H14BrClN2O2. The van der Waals surface area contributed by atoms with Gasteiger partial charge in [-0.15, -0.1) is 0 Å². The molecule has 2 amide bonds. The fourth-order valence-electron chi connectivity index (χ4n) is 2.47.